The largest absolute Gasteiger partial charge is 0.497 e. The highest BCUT2D eigenvalue weighted by molar-refractivity contribution is 7.09. The van der Waals surface area contributed by atoms with Crippen LogP contribution in [0.25, 0.3) is 0 Å². The van der Waals surface area contributed by atoms with Crippen molar-refractivity contribution in [1.29, 1.82) is 0 Å². The van der Waals surface area contributed by atoms with Crippen LogP contribution in [0.1, 0.15) is 4.88 Å². The van der Waals surface area contributed by atoms with Crippen LogP contribution in [0.4, 0.5) is 5.69 Å². The number of quaternary nitrogens is 2. The minimum atomic E-state index is 0.0187. The van der Waals surface area contributed by atoms with Gasteiger partial charge in [0, 0.05) is 6.07 Å². The molecular formula is C19H27N3O3S+2. The van der Waals surface area contributed by atoms with Crippen LogP contribution in [-0.2, 0) is 11.3 Å². The van der Waals surface area contributed by atoms with Gasteiger partial charge < -0.3 is 24.6 Å². The summed E-state index contributed by atoms with van der Waals surface area (Å²) in [6, 6.07) is 9.71. The summed E-state index contributed by atoms with van der Waals surface area (Å²) in [5, 5.41) is 5.10. The molecule has 1 aliphatic rings. The summed E-state index contributed by atoms with van der Waals surface area (Å²) in [6.45, 7) is 5.84. The van der Waals surface area contributed by atoms with E-state index in [1.54, 1.807) is 25.2 Å². The van der Waals surface area contributed by atoms with E-state index in [2.05, 4.69) is 22.8 Å². The number of amides is 1. The Labute approximate surface area is 158 Å². The van der Waals surface area contributed by atoms with Gasteiger partial charge >= 0.3 is 0 Å². The van der Waals surface area contributed by atoms with Crippen molar-refractivity contribution in [3.05, 3.63) is 40.6 Å². The second-order valence-electron chi connectivity index (χ2n) is 6.55. The molecule has 3 rings (SSSR count). The lowest BCUT2D eigenvalue weighted by Crippen LogP contribution is -3.28. The number of hydrogen-bond acceptors (Lipinski definition) is 4. The standard InChI is InChI=1S/C19H25N3O3S/c1-24-15-5-6-17(18(12-15)25-2)20-19(23)14-22-9-7-21(8-10-22)13-16-4-3-11-26-16/h3-6,11-12H,7-10,13-14H2,1-2H3,(H,20,23)/p+2. The van der Waals surface area contributed by atoms with Crippen LogP contribution < -0.4 is 24.6 Å². The minimum absolute atomic E-state index is 0.0187. The number of piperazine rings is 1. The Morgan fingerprint density at radius 1 is 1.12 bits per heavy atom. The molecule has 7 heteroatoms. The minimum Gasteiger partial charge on any atom is -0.497 e. The fourth-order valence-corrected chi connectivity index (χ4v) is 4.07. The summed E-state index contributed by atoms with van der Waals surface area (Å²) in [5.41, 5.74) is 0.680. The van der Waals surface area contributed by atoms with Gasteiger partial charge in [0.15, 0.2) is 6.54 Å². The molecule has 0 unspecified atom stereocenters. The molecule has 0 radical (unpaired) electrons. The van der Waals surface area contributed by atoms with Gasteiger partial charge in [0.25, 0.3) is 5.91 Å². The summed E-state index contributed by atoms with van der Waals surface area (Å²) in [4.78, 5) is 16.8. The average Bonchev–Trinajstić information content (AvgIpc) is 3.16. The Kier molecular flexibility index (Phi) is 6.49. The second-order valence-corrected chi connectivity index (χ2v) is 7.58. The third-order valence-corrected chi connectivity index (χ3v) is 5.64. The molecule has 1 aromatic carbocycles. The number of carbonyl (C=O) groups is 1. The van der Waals surface area contributed by atoms with E-state index in [4.69, 9.17) is 9.47 Å². The maximum Gasteiger partial charge on any atom is 0.279 e. The van der Waals surface area contributed by atoms with E-state index in [1.165, 1.54) is 9.78 Å². The van der Waals surface area contributed by atoms with Crippen molar-refractivity contribution in [2.45, 2.75) is 6.54 Å². The Bertz CT molecular complexity index is 713. The van der Waals surface area contributed by atoms with Gasteiger partial charge in [-0.1, -0.05) is 6.07 Å². The Morgan fingerprint density at radius 3 is 2.54 bits per heavy atom. The number of thiophene rings is 1. The number of nitrogens with one attached hydrogen (secondary N) is 3. The lowest BCUT2D eigenvalue weighted by Gasteiger charge is -2.29. The summed E-state index contributed by atoms with van der Waals surface area (Å²) in [6.07, 6.45) is 0. The zero-order valence-electron chi connectivity index (χ0n) is 15.3. The van der Waals surface area contributed by atoms with Gasteiger partial charge in [-0.15, -0.1) is 11.3 Å². The molecule has 1 amide bonds. The summed E-state index contributed by atoms with van der Waals surface area (Å²) < 4.78 is 10.5. The Morgan fingerprint density at radius 2 is 1.88 bits per heavy atom. The molecule has 0 aliphatic carbocycles. The Balaban J connectivity index is 1.47. The van der Waals surface area contributed by atoms with Gasteiger partial charge in [0.05, 0.1) is 24.8 Å². The lowest BCUT2D eigenvalue weighted by molar-refractivity contribution is -1.01. The SMILES string of the molecule is COc1ccc(NC(=O)C[NH+]2CC[NH+](Cc3cccs3)CC2)c(OC)c1. The topological polar surface area (TPSA) is 56.4 Å². The number of anilines is 1. The molecule has 1 saturated heterocycles. The van der Waals surface area contributed by atoms with Crippen molar-refractivity contribution in [3.63, 3.8) is 0 Å². The van der Waals surface area contributed by atoms with E-state index in [-0.39, 0.29) is 5.91 Å². The van der Waals surface area contributed by atoms with Crippen LogP contribution in [0.15, 0.2) is 35.7 Å². The quantitative estimate of drug-likeness (QED) is 0.620. The van der Waals surface area contributed by atoms with Gasteiger partial charge in [-0.05, 0) is 23.6 Å². The monoisotopic (exact) mass is 377 g/mol. The fourth-order valence-electron chi connectivity index (χ4n) is 3.29. The van der Waals surface area contributed by atoms with Crippen LogP contribution in [-0.4, -0.2) is 52.9 Å². The van der Waals surface area contributed by atoms with Crippen LogP contribution in [0.5, 0.6) is 11.5 Å². The predicted octanol–water partition coefficient (Wildman–Crippen LogP) is -0.313. The van der Waals surface area contributed by atoms with Gasteiger partial charge in [-0.2, -0.15) is 0 Å². The molecule has 2 aromatic rings. The van der Waals surface area contributed by atoms with E-state index >= 15 is 0 Å². The Hall–Kier alpha value is -2.09. The molecule has 0 spiro atoms. The predicted molar refractivity (Wildman–Crippen MR) is 102 cm³/mol. The lowest BCUT2D eigenvalue weighted by atomic mass is 10.2. The maximum absolute atomic E-state index is 12.4. The molecule has 26 heavy (non-hydrogen) atoms. The fraction of sp³-hybridized carbons (Fsp3) is 0.421. The first-order valence-electron chi connectivity index (χ1n) is 8.89. The first kappa shape index (κ1) is 18.7. The third-order valence-electron chi connectivity index (χ3n) is 4.76. The first-order valence-corrected chi connectivity index (χ1v) is 9.77. The smallest absolute Gasteiger partial charge is 0.279 e. The molecule has 1 fully saturated rings. The van der Waals surface area contributed by atoms with Gasteiger partial charge in [-0.3, -0.25) is 4.79 Å². The average molecular weight is 378 g/mol. The molecule has 0 bridgehead atoms. The van der Waals surface area contributed by atoms with Gasteiger partial charge in [0.1, 0.15) is 44.2 Å². The molecule has 1 aromatic heterocycles. The molecule has 6 nitrogen and oxygen atoms in total. The number of benzene rings is 1. The zero-order chi connectivity index (χ0) is 18.4. The van der Waals surface area contributed by atoms with Crippen molar-refractivity contribution in [3.8, 4) is 11.5 Å². The van der Waals surface area contributed by atoms with Crippen LogP contribution in [0, 0.1) is 0 Å². The van der Waals surface area contributed by atoms with Crippen molar-refractivity contribution >= 4 is 22.9 Å². The highest BCUT2D eigenvalue weighted by atomic mass is 32.1. The molecular weight excluding hydrogens is 350 g/mol. The highest BCUT2D eigenvalue weighted by Gasteiger charge is 2.25. The van der Waals surface area contributed by atoms with E-state index in [1.807, 2.05) is 23.5 Å². The molecule has 3 N–H and O–H groups in total. The van der Waals surface area contributed by atoms with Gasteiger partial charge in [-0.25, -0.2) is 0 Å². The van der Waals surface area contributed by atoms with Crippen molar-refractivity contribution in [2.75, 3.05) is 52.3 Å². The maximum atomic E-state index is 12.4. The van der Waals surface area contributed by atoms with Crippen LogP contribution in [0.3, 0.4) is 0 Å². The third kappa shape index (κ3) is 4.97. The molecule has 0 atom stereocenters. The van der Waals surface area contributed by atoms with Crippen molar-refractivity contribution in [2.24, 2.45) is 0 Å². The number of rotatable bonds is 7. The molecule has 140 valence electrons. The van der Waals surface area contributed by atoms with Gasteiger partial charge in [0.2, 0.25) is 0 Å². The zero-order valence-corrected chi connectivity index (χ0v) is 16.2. The molecule has 0 saturated carbocycles. The highest BCUT2D eigenvalue weighted by Crippen LogP contribution is 2.28. The normalized spacial score (nSPS) is 19.8. The van der Waals surface area contributed by atoms with Crippen LogP contribution >= 0.6 is 11.3 Å². The molecule has 2 heterocycles. The van der Waals surface area contributed by atoms with E-state index in [0.29, 0.717) is 23.7 Å². The summed E-state index contributed by atoms with van der Waals surface area (Å²) in [7, 11) is 3.20. The summed E-state index contributed by atoms with van der Waals surface area (Å²) >= 11 is 1.82. The number of methoxy groups -OCH3 is 2. The van der Waals surface area contributed by atoms with E-state index < -0.39 is 0 Å². The van der Waals surface area contributed by atoms with Crippen molar-refractivity contribution < 1.29 is 24.1 Å². The molecule has 1 aliphatic heterocycles. The van der Waals surface area contributed by atoms with E-state index in [9.17, 15) is 4.79 Å². The number of ether oxygens (including phenoxy) is 2. The summed E-state index contributed by atoms with van der Waals surface area (Å²) in [5.74, 6) is 1.33. The number of carbonyl (C=O) groups excluding carboxylic acids is 1. The van der Waals surface area contributed by atoms with Crippen LogP contribution in [0.2, 0.25) is 0 Å². The number of hydrogen-bond donors (Lipinski definition) is 3. The second kappa shape index (κ2) is 9.02. The first-order chi connectivity index (χ1) is 12.7. The van der Waals surface area contributed by atoms with Crippen molar-refractivity contribution in [1.82, 2.24) is 0 Å². The van der Waals surface area contributed by atoms with E-state index in [0.717, 1.165) is 32.7 Å².